The monoisotopic (exact) mass is 322 g/mol. The van der Waals surface area contributed by atoms with Crippen LogP contribution < -0.4 is 5.73 Å². The molecule has 0 radical (unpaired) electrons. The van der Waals surface area contributed by atoms with Gasteiger partial charge in [-0.2, -0.15) is 0 Å². The maximum atomic E-state index is 11.7. The van der Waals surface area contributed by atoms with Crippen molar-refractivity contribution in [1.29, 1.82) is 0 Å². The number of aliphatic carboxylic acids is 1. The van der Waals surface area contributed by atoms with Crippen LogP contribution in [0.5, 0.6) is 0 Å². The minimum absolute atomic E-state index is 0.0653. The molecule has 6 nitrogen and oxygen atoms in total. The maximum Gasteiger partial charge on any atom is 0.352 e. The molecule has 0 fully saturated rings. The highest BCUT2D eigenvalue weighted by Crippen LogP contribution is 2.29. The van der Waals surface area contributed by atoms with Gasteiger partial charge < -0.3 is 20.9 Å². The van der Waals surface area contributed by atoms with Gasteiger partial charge in [0.25, 0.3) is 0 Å². The second-order valence-corrected chi connectivity index (χ2v) is 5.21. The lowest BCUT2D eigenvalue weighted by atomic mass is 9.99. The number of aromatic carboxylic acids is 1. The second-order valence-electron chi connectivity index (χ2n) is 5.21. The first-order valence-electron chi connectivity index (χ1n) is 7.13. The number of anilines is 1. The summed E-state index contributed by atoms with van der Waals surface area (Å²) in [4.78, 5) is 26.0. The third kappa shape index (κ3) is 2.61. The topological polar surface area (TPSA) is 116 Å². The quantitative estimate of drug-likeness (QED) is 0.435. The molecular formula is C18H14N2O4. The minimum atomic E-state index is -1.19. The van der Waals surface area contributed by atoms with Gasteiger partial charge >= 0.3 is 11.9 Å². The number of aromatic amines is 1. The summed E-state index contributed by atoms with van der Waals surface area (Å²) in [7, 11) is 0. The Morgan fingerprint density at radius 2 is 1.67 bits per heavy atom. The van der Waals surface area contributed by atoms with Crippen molar-refractivity contribution >= 4 is 40.2 Å². The van der Waals surface area contributed by atoms with E-state index in [0.29, 0.717) is 27.7 Å². The molecule has 0 bridgehead atoms. The van der Waals surface area contributed by atoms with Crippen LogP contribution in [0.4, 0.5) is 5.69 Å². The molecule has 1 heterocycles. The van der Waals surface area contributed by atoms with Crippen molar-refractivity contribution in [2.45, 2.75) is 0 Å². The van der Waals surface area contributed by atoms with Gasteiger partial charge in [-0.05, 0) is 18.2 Å². The molecule has 0 aliphatic rings. The van der Waals surface area contributed by atoms with Gasteiger partial charge in [-0.15, -0.1) is 0 Å². The van der Waals surface area contributed by atoms with Crippen LogP contribution in [0, 0.1) is 0 Å². The molecule has 0 atom stereocenters. The van der Waals surface area contributed by atoms with Crippen molar-refractivity contribution in [3.63, 3.8) is 0 Å². The number of nitrogens with one attached hydrogen (secondary N) is 1. The second kappa shape index (κ2) is 5.92. The molecule has 5 N–H and O–H groups in total. The highest BCUT2D eigenvalue weighted by Gasteiger charge is 2.19. The predicted octanol–water partition coefficient (Wildman–Crippen LogP) is 3.07. The molecule has 6 heteroatoms. The SMILES string of the molecule is Nc1ccccc1C(=Cc1c(C(=O)O)[nH]c2ccccc12)C(=O)O. The summed E-state index contributed by atoms with van der Waals surface area (Å²) < 4.78 is 0. The number of nitrogen functional groups attached to an aromatic ring is 1. The number of carboxylic acids is 2. The van der Waals surface area contributed by atoms with Crippen molar-refractivity contribution in [3.05, 3.63) is 65.4 Å². The maximum absolute atomic E-state index is 11.7. The highest BCUT2D eigenvalue weighted by molar-refractivity contribution is 6.23. The molecule has 0 saturated carbocycles. The summed E-state index contributed by atoms with van der Waals surface area (Å²) in [5.41, 5.74) is 7.31. The van der Waals surface area contributed by atoms with Crippen molar-refractivity contribution in [3.8, 4) is 0 Å². The summed E-state index contributed by atoms with van der Waals surface area (Å²) in [6.45, 7) is 0. The first-order valence-corrected chi connectivity index (χ1v) is 7.13. The van der Waals surface area contributed by atoms with Crippen LogP contribution in [0.15, 0.2) is 48.5 Å². The Morgan fingerprint density at radius 1 is 1.00 bits per heavy atom. The Labute approximate surface area is 136 Å². The molecule has 0 saturated heterocycles. The number of carboxylic acid groups (broad SMARTS) is 2. The van der Waals surface area contributed by atoms with Crippen LogP contribution in [0.25, 0.3) is 22.6 Å². The van der Waals surface area contributed by atoms with Gasteiger partial charge in [-0.25, -0.2) is 9.59 Å². The zero-order valence-electron chi connectivity index (χ0n) is 12.5. The van der Waals surface area contributed by atoms with Crippen LogP contribution >= 0.6 is 0 Å². The molecule has 24 heavy (non-hydrogen) atoms. The molecule has 0 aliphatic carbocycles. The van der Waals surface area contributed by atoms with E-state index in [9.17, 15) is 19.8 Å². The van der Waals surface area contributed by atoms with Gasteiger partial charge in [0.2, 0.25) is 0 Å². The van der Waals surface area contributed by atoms with Crippen molar-refractivity contribution in [2.24, 2.45) is 0 Å². The van der Waals surface area contributed by atoms with Crippen LogP contribution in [-0.2, 0) is 4.79 Å². The van der Waals surface area contributed by atoms with Crippen LogP contribution in [0.1, 0.15) is 21.6 Å². The van der Waals surface area contributed by atoms with Gasteiger partial charge in [0.15, 0.2) is 0 Å². The molecule has 3 aromatic rings. The Kier molecular flexibility index (Phi) is 3.79. The molecule has 0 aliphatic heterocycles. The standard InChI is InChI=1S/C18H14N2O4/c19-14-7-3-1-5-10(14)13(17(21)22)9-12-11-6-2-4-8-15(11)20-16(12)18(23)24/h1-9,20H,19H2,(H,21,22)(H,23,24). The number of carbonyl (C=O) groups is 2. The Hall–Kier alpha value is -3.54. The first kappa shape index (κ1) is 15.4. The van der Waals surface area contributed by atoms with Gasteiger partial charge in [-0.1, -0.05) is 36.4 Å². The van der Waals surface area contributed by atoms with Crippen molar-refractivity contribution in [2.75, 3.05) is 5.73 Å². The van der Waals surface area contributed by atoms with Gasteiger partial charge in [0.1, 0.15) is 5.69 Å². The average molecular weight is 322 g/mol. The Morgan fingerprint density at radius 3 is 2.33 bits per heavy atom. The first-order chi connectivity index (χ1) is 11.5. The number of fused-ring (bicyclic) bond motifs is 1. The zero-order valence-corrected chi connectivity index (χ0v) is 12.5. The number of hydrogen-bond donors (Lipinski definition) is 4. The molecule has 2 aromatic carbocycles. The molecule has 0 spiro atoms. The lowest BCUT2D eigenvalue weighted by molar-refractivity contribution is -0.130. The van der Waals surface area contributed by atoms with Gasteiger partial charge in [0.05, 0.1) is 5.57 Å². The van der Waals surface area contributed by atoms with E-state index in [0.717, 1.165) is 0 Å². The van der Waals surface area contributed by atoms with E-state index in [2.05, 4.69) is 4.98 Å². The molecule has 0 unspecified atom stereocenters. The molecule has 1 aromatic heterocycles. The molecule has 0 amide bonds. The van der Waals surface area contributed by atoms with E-state index >= 15 is 0 Å². The summed E-state index contributed by atoms with van der Waals surface area (Å²) >= 11 is 0. The summed E-state index contributed by atoms with van der Waals surface area (Å²) in [6.07, 6.45) is 1.34. The number of H-pyrrole nitrogens is 1. The fraction of sp³-hybridized carbons (Fsp3) is 0. The fourth-order valence-corrected chi connectivity index (χ4v) is 2.62. The van der Waals surface area contributed by atoms with Crippen molar-refractivity contribution < 1.29 is 19.8 Å². The average Bonchev–Trinajstić information content (AvgIpc) is 2.92. The normalized spacial score (nSPS) is 11.6. The van der Waals surface area contributed by atoms with Crippen LogP contribution in [-0.4, -0.2) is 27.1 Å². The van der Waals surface area contributed by atoms with Crippen LogP contribution in [0.2, 0.25) is 0 Å². The third-order valence-electron chi connectivity index (χ3n) is 3.73. The number of aromatic nitrogens is 1. The summed E-state index contributed by atoms with van der Waals surface area (Å²) in [5, 5.41) is 19.6. The number of rotatable bonds is 4. The number of nitrogens with two attached hydrogens (primary N) is 1. The molecule has 3 rings (SSSR count). The van der Waals surface area contributed by atoms with E-state index in [1.54, 1.807) is 48.5 Å². The van der Waals surface area contributed by atoms with E-state index in [4.69, 9.17) is 5.73 Å². The number of benzene rings is 2. The predicted molar refractivity (Wildman–Crippen MR) is 91.6 cm³/mol. The van der Waals surface area contributed by atoms with E-state index in [1.807, 2.05) is 0 Å². The number of hydrogen-bond acceptors (Lipinski definition) is 3. The Balaban J connectivity index is 2.30. The molecule has 120 valence electrons. The summed E-state index contributed by atoms with van der Waals surface area (Å²) in [5.74, 6) is -2.35. The van der Waals surface area contributed by atoms with Crippen molar-refractivity contribution in [1.82, 2.24) is 4.98 Å². The largest absolute Gasteiger partial charge is 0.478 e. The van der Waals surface area contributed by atoms with E-state index in [1.165, 1.54) is 6.08 Å². The third-order valence-corrected chi connectivity index (χ3v) is 3.73. The van der Waals surface area contributed by atoms with E-state index < -0.39 is 11.9 Å². The van der Waals surface area contributed by atoms with E-state index in [-0.39, 0.29) is 11.3 Å². The lowest BCUT2D eigenvalue weighted by Gasteiger charge is -2.07. The lowest BCUT2D eigenvalue weighted by Crippen LogP contribution is -2.04. The zero-order chi connectivity index (χ0) is 17.3. The number of para-hydroxylation sites is 2. The highest BCUT2D eigenvalue weighted by atomic mass is 16.4. The van der Waals surface area contributed by atoms with Gasteiger partial charge in [-0.3, -0.25) is 0 Å². The van der Waals surface area contributed by atoms with Crippen LogP contribution in [0.3, 0.4) is 0 Å². The van der Waals surface area contributed by atoms with Gasteiger partial charge in [0, 0.05) is 27.7 Å². The Bertz CT molecular complexity index is 986. The molecular weight excluding hydrogens is 308 g/mol. The smallest absolute Gasteiger partial charge is 0.352 e. The fourth-order valence-electron chi connectivity index (χ4n) is 2.62. The summed E-state index contributed by atoms with van der Waals surface area (Å²) in [6, 6.07) is 13.6. The minimum Gasteiger partial charge on any atom is -0.478 e.